The Hall–Kier alpha value is -1.47. The smallest absolute Gasteiger partial charge is 0.348 e. The van der Waals surface area contributed by atoms with Crippen LogP contribution in [0, 0.1) is 0 Å². The van der Waals surface area contributed by atoms with Crippen molar-refractivity contribution in [3.63, 3.8) is 0 Å². The summed E-state index contributed by atoms with van der Waals surface area (Å²) < 4.78 is 5.30. The molecule has 0 fully saturated rings. The third-order valence-electron chi connectivity index (χ3n) is 2.08. The number of nitrogens with zero attached hydrogens (tertiary/aromatic N) is 1. The predicted octanol–water partition coefficient (Wildman–Crippen LogP) is 1.41. The van der Waals surface area contributed by atoms with E-state index in [0.717, 1.165) is 0 Å². The van der Waals surface area contributed by atoms with Crippen LogP contribution in [0.15, 0.2) is 11.7 Å². The molecule has 0 aliphatic heterocycles. The summed E-state index contributed by atoms with van der Waals surface area (Å²) in [5, 5.41) is 18.5. The van der Waals surface area contributed by atoms with Crippen molar-refractivity contribution in [2.45, 2.75) is 38.4 Å². The summed E-state index contributed by atoms with van der Waals surface area (Å²) in [6.45, 7) is 4.83. The average Bonchev–Trinajstić information content (AvgIpc) is 2.66. The molecule has 0 aliphatic carbocycles. The fourth-order valence-electron chi connectivity index (χ4n) is 1.46. The van der Waals surface area contributed by atoms with Gasteiger partial charge in [-0.25, -0.2) is 9.59 Å². The zero-order valence-electron chi connectivity index (χ0n) is 10.3. The standard InChI is InChI=1S/C11H15NO5S/c1-10(2,3)17-11(8(13)14,9(15)16)4-7-5-12-6-18-7/h5-6H,4H2,1-3H3,(H,13,14)(H,15,16). The zero-order chi connectivity index (χ0) is 14.0. The molecule has 0 bridgehead atoms. The topological polar surface area (TPSA) is 96.7 Å². The van der Waals surface area contributed by atoms with Crippen LogP contribution in [0.1, 0.15) is 25.6 Å². The Morgan fingerprint density at radius 2 is 1.89 bits per heavy atom. The average molecular weight is 273 g/mol. The van der Waals surface area contributed by atoms with E-state index in [1.165, 1.54) is 23.0 Å². The Balaban J connectivity index is 3.14. The Morgan fingerprint density at radius 1 is 1.33 bits per heavy atom. The van der Waals surface area contributed by atoms with Crippen molar-refractivity contribution in [1.82, 2.24) is 4.98 Å². The number of aromatic nitrogens is 1. The molecule has 0 amide bonds. The minimum absolute atomic E-state index is 0.250. The second kappa shape index (κ2) is 5.03. The number of hydrogen-bond acceptors (Lipinski definition) is 5. The van der Waals surface area contributed by atoms with Gasteiger partial charge in [0.25, 0.3) is 5.60 Å². The Morgan fingerprint density at radius 3 is 2.22 bits per heavy atom. The van der Waals surface area contributed by atoms with Crippen LogP contribution in [0.3, 0.4) is 0 Å². The summed E-state index contributed by atoms with van der Waals surface area (Å²) in [7, 11) is 0. The van der Waals surface area contributed by atoms with Crippen molar-refractivity contribution in [2.75, 3.05) is 0 Å². The second-order valence-electron chi connectivity index (χ2n) is 4.80. The Labute approximate surface area is 108 Å². The molecule has 6 nitrogen and oxygen atoms in total. The first-order valence-corrected chi connectivity index (χ1v) is 6.10. The van der Waals surface area contributed by atoms with Crippen molar-refractivity contribution in [1.29, 1.82) is 0 Å². The third-order valence-corrected chi connectivity index (χ3v) is 2.86. The van der Waals surface area contributed by atoms with E-state index in [2.05, 4.69) is 4.98 Å². The molecule has 0 atom stereocenters. The van der Waals surface area contributed by atoms with Crippen LogP contribution in [0.25, 0.3) is 0 Å². The van der Waals surface area contributed by atoms with Gasteiger partial charge in [0, 0.05) is 17.5 Å². The van der Waals surface area contributed by atoms with Gasteiger partial charge in [-0.2, -0.15) is 0 Å². The number of aliphatic carboxylic acids is 2. The van der Waals surface area contributed by atoms with Gasteiger partial charge in [-0.1, -0.05) is 0 Å². The van der Waals surface area contributed by atoms with Gasteiger partial charge in [0.1, 0.15) is 0 Å². The molecule has 0 saturated heterocycles. The molecule has 1 rings (SSSR count). The Bertz CT molecular complexity index is 421. The maximum atomic E-state index is 11.3. The van der Waals surface area contributed by atoms with E-state index in [0.29, 0.717) is 4.88 Å². The third kappa shape index (κ3) is 3.27. The van der Waals surface area contributed by atoms with Crippen LogP contribution in [-0.4, -0.2) is 38.3 Å². The summed E-state index contributed by atoms with van der Waals surface area (Å²) >= 11 is 1.19. The summed E-state index contributed by atoms with van der Waals surface area (Å²) in [4.78, 5) is 27.0. The largest absolute Gasteiger partial charge is 0.479 e. The quantitative estimate of drug-likeness (QED) is 0.787. The minimum atomic E-state index is -2.29. The SMILES string of the molecule is CC(C)(C)OC(Cc1cncs1)(C(=O)O)C(=O)O. The maximum absolute atomic E-state index is 11.3. The lowest BCUT2D eigenvalue weighted by Gasteiger charge is -2.32. The molecule has 0 aromatic carbocycles. The molecule has 0 spiro atoms. The van der Waals surface area contributed by atoms with Gasteiger partial charge in [0.15, 0.2) is 0 Å². The van der Waals surface area contributed by atoms with Gasteiger partial charge in [-0.3, -0.25) is 4.98 Å². The van der Waals surface area contributed by atoms with E-state index in [9.17, 15) is 19.8 Å². The fourth-order valence-corrected chi connectivity index (χ4v) is 2.13. The molecule has 0 aliphatic rings. The number of thiazole rings is 1. The van der Waals surface area contributed by atoms with E-state index in [1.807, 2.05) is 0 Å². The van der Waals surface area contributed by atoms with Gasteiger partial charge in [0.2, 0.25) is 0 Å². The molecule has 18 heavy (non-hydrogen) atoms. The van der Waals surface area contributed by atoms with Crippen LogP contribution in [0.2, 0.25) is 0 Å². The van der Waals surface area contributed by atoms with Crippen LogP contribution >= 0.6 is 11.3 Å². The van der Waals surface area contributed by atoms with E-state index in [4.69, 9.17) is 4.74 Å². The zero-order valence-corrected chi connectivity index (χ0v) is 11.2. The van der Waals surface area contributed by atoms with Crippen LogP contribution in [0.5, 0.6) is 0 Å². The van der Waals surface area contributed by atoms with Crippen molar-refractivity contribution in [3.05, 3.63) is 16.6 Å². The first-order chi connectivity index (χ1) is 8.17. The van der Waals surface area contributed by atoms with Gasteiger partial charge in [-0.15, -0.1) is 11.3 Å². The van der Waals surface area contributed by atoms with Gasteiger partial charge in [0.05, 0.1) is 11.1 Å². The molecule has 0 unspecified atom stereocenters. The molecule has 1 aromatic heterocycles. The number of rotatable bonds is 5. The highest BCUT2D eigenvalue weighted by Crippen LogP contribution is 2.27. The van der Waals surface area contributed by atoms with Gasteiger partial charge >= 0.3 is 11.9 Å². The van der Waals surface area contributed by atoms with Crippen LogP contribution in [0.4, 0.5) is 0 Å². The molecular weight excluding hydrogens is 258 g/mol. The fraction of sp³-hybridized carbons (Fsp3) is 0.545. The van der Waals surface area contributed by atoms with E-state index < -0.39 is 23.1 Å². The first-order valence-electron chi connectivity index (χ1n) is 5.22. The maximum Gasteiger partial charge on any atom is 0.348 e. The highest BCUT2D eigenvalue weighted by atomic mass is 32.1. The second-order valence-corrected chi connectivity index (χ2v) is 5.77. The van der Waals surface area contributed by atoms with Gasteiger partial charge in [-0.05, 0) is 20.8 Å². The highest BCUT2D eigenvalue weighted by Gasteiger charge is 2.51. The lowest BCUT2D eigenvalue weighted by molar-refractivity contribution is -0.199. The summed E-state index contributed by atoms with van der Waals surface area (Å²) in [6, 6.07) is 0. The molecule has 0 radical (unpaired) electrons. The number of ether oxygens (including phenoxy) is 1. The monoisotopic (exact) mass is 273 g/mol. The van der Waals surface area contributed by atoms with Crippen molar-refractivity contribution < 1.29 is 24.5 Å². The normalized spacial score (nSPS) is 12.4. The predicted molar refractivity (Wildman–Crippen MR) is 64.7 cm³/mol. The molecule has 1 aromatic rings. The molecule has 1 heterocycles. The van der Waals surface area contributed by atoms with Crippen molar-refractivity contribution in [2.24, 2.45) is 0 Å². The molecule has 2 N–H and O–H groups in total. The van der Waals surface area contributed by atoms with Gasteiger partial charge < -0.3 is 14.9 Å². The first kappa shape index (κ1) is 14.6. The van der Waals surface area contributed by atoms with E-state index in [1.54, 1.807) is 20.8 Å². The summed E-state index contributed by atoms with van der Waals surface area (Å²) in [5.74, 6) is -3.03. The molecular formula is C11H15NO5S. The summed E-state index contributed by atoms with van der Waals surface area (Å²) in [6.07, 6.45) is 1.19. The minimum Gasteiger partial charge on any atom is -0.479 e. The van der Waals surface area contributed by atoms with Crippen molar-refractivity contribution >= 4 is 23.3 Å². The van der Waals surface area contributed by atoms with Crippen molar-refractivity contribution in [3.8, 4) is 0 Å². The number of carboxylic acid groups (broad SMARTS) is 2. The lowest BCUT2D eigenvalue weighted by Crippen LogP contribution is -2.54. The summed E-state index contributed by atoms with van der Waals surface area (Å²) in [5.41, 5.74) is -1.66. The molecule has 0 saturated carbocycles. The number of carboxylic acids is 2. The van der Waals surface area contributed by atoms with Crippen LogP contribution in [-0.2, 0) is 20.7 Å². The number of hydrogen-bond donors (Lipinski definition) is 2. The molecule has 100 valence electrons. The van der Waals surface area contributed by atoms with E-state index in [-0.39, 0.29) is 6.42 Å². The Kier molecular flexibility index (Phi) is 4.08. The lowest BCUT2D eigenvalue weighted by atomic mass is 9.97. The van der Waals surface area contributed by atoms with Crippen LogP contribution < -0.4 is 0 Å². The molecule has 7 heteroatoms. The highest BCUT2D eigenvalue weighted by molar-refractivity contribution is 7.09. The van der Waals surface area contributed by atoms with E-state index >= 15 is 0 Å². The number of carbonyl (C=O) groups is 2.